The average molecular weight is 432 g/mol. The molecule has 2 aromatic carbocycles. The van der Waals surface area contributed by atoms with Gasteiger partial charge in [0.1, 0.15) is 5.75 Å². The molecule has 0 atom stereocenters. The van der Waals surface area contributed by atoms with E-state index in [0.29, 0.717) is 0 Å². The summed E-state index contributed by atoms with van der Waals surface area (Å²) in [5.41, 5.74) is 7.46. The monoisotopic (exact) mass is 431 g/mol. The molecule has 1 aliphatic rings. The molecular weight excluding hydrogens is 406 g/mol. The number of ether oxygens (including phenoxy) is 1. The van der Waals surface area contributed by atoms with Gasteiger partial charge in [0.15, 0.2) is 6.61 Å². The van der Waals surface area contributed by atoms with Crippen LogP contribution in [-0.2, 0) is 14.8 Å². The number of amides is 2. The summed E-state index contributed by atoms with van der Waals surface area (Å²) in [4.78, 5) is 25.7. The molecule has 8 nitrogen and oxygen atoms in total. The molecular formula is C21H25N3O5S. The average Bonchev–Trinajstić information content (AvgIpc) is 2.74. The molecule has 2 amide bonds. The first-order valence-electron chi connectivity index (χ1n) is 9.57. The van der Waals surface area contributed by atoms with Crippen molar-refractivity contribution in [3.05, 3.63) is 59.2 Å². The molecule has 1 saturated heterocycles. The lowest BCUT2D eigenvalue weighted by Gasteiger charge is -2.34. The van der Waals surface area contributed by atoms with Gasteiger partial charge in [0.25, 0.3) is 11.8 Å². The van der Waals surface area contributed by atoms with Crippen LogP contribution in [0.4, 0.5) is 0 Å². The summed E-state index contributed by atoms with van der Waals surface area (Å²) >= 11 is 0. The maximum absolute atomic E-state index is 12.9. The number of piperazine rings is 1. The van der Waals surface area contributed by atoms with Gasteiger partial charge >= 0.3 is 0 Å². The van der Waals surface area contributed by atoms with Gasteiger partial charge in [0.05, 0.1) is 10.5 Å². The van der Waals surface area contributed by atoms with Crippen LogP contribution >= 0.6 is 0 Å². The Hall–Kier alpha value is -2.91. The number of nitrogens with zero attached hydrogens (tertiary/aromatic N) is 2. The Bertz CT molecular complexity index is 1060. The summed E-state index contributed by atoms with van der Waals surface area (Å²) in [6.07, 6.45) is 0. The molecule has 160 valence electrons. The highest BCUT2D eigenvalue weighted by atomic mass is 32.2. The highest BCUT2D eigenvalue weighted by Crippen LogP contribution is 2.21. The van der Waals surface area contributed by atoms with Crippen molar-refractivity contribution >= 4 is 21.8 Å². The lowest BCUT2D eigenvalue weighted by Crippen LogP contribution is -2.51. The first-order chi connectivity index (χ1) is 14.2. The van der Waals surface area contributed by atoms with Crippen molar-refractivity contribution in [1.29, 1.82) is 0 Å². The molecule has 1 fully saturated rings. The Kier molecular flexibility index (Phi) is 6.42. The van der Waals surface area contributed by atoms with E-state index in [-0.39, 0.29) is 54.9 Å². The third-order valence-electron chi connectivity index (χ3n) is 5.21. The van der Waals surface area contributed by atoms with E-state index in [9.17, 15) is 18.0 Å². The van der Waals surface area contributed by atoms with Crippen LogP contribution in [0.2, 0.25) is 0 Å². The van der Waals surface area contributed by atoms with Crippen LogP contribution in [0, 0.1) is 13.8 Å². The van der Waals surface area contributed by atoms with E-state index in [1.165, 1.54) is 10.4 Å². The maximum atomic E-state index is 12.9. The molecule has 3 rings (SSSR count). The van der Waals surface area contributed by atoms with E-state index in [1.807, 2.05) is 13.8 Å². The van der Waals surface area contributed by atoms with Crippen LogP contribution in [-0.4, -0.2) is 62.2 Å². The van der Waals surface area contributed by atoms with E-state index >= 15 is 0 Å². The number of hydrogen-bond donors (Lipinski definition) is 1. The SMILES string of the molecule is Cc1ccc(S(=O)(=O)N2CCN(C(=O)COc3ccccc3C(N)=O)CC2)cc1C. The second-order valence-electron chi connectivity index (χ2n) is 7.18. The van der Waals surface area contributed by atoms with E-state index in [4.69, 9.17) is 10.5 Å². The van der Waals surface area contributed by atoms with Gasteiger partial charge in [0.2, 0.25) is 10.0 Å². The van der Waals surface area contributed by atoms with Crippen molar-refractivity contribution < 1.29 is 22.7 Å². The molecule has 0 saturated carbocycles. The molecule has 0 aromatic heterocycles. The van der Waals surface area contributed by atoms with Crippen molar-refractivity contribution in [2.45, 2.75) is 18.7 Å². The predicted octanol–water partition coefficient (Wildman–Crippen LogP) is 1.31. The number of hydrogen-bond acceptors (Lipinski definition) is 5. The number of sulfonamides is 1. The lowest BCUT2D eigenvalue weighted by molar-refractivity contribution is -0.134. The number of nitrogens with two attached hydrogens (primary N) is 1. The van der Waals surface area contributed by atoms with Gasteiger partial charge in [-0.1, -0.05) is 18.2 Å². The smallest absolute Gasteiger partial charge is 0.260 e. The molecule has 9 heteroatoms. The van der Waals surface area contributed by atoms with Gasteiger partial charge in [-0.25, -0.2) is 8.42 Å². The minimum atomic E-state index is -3.61. The highest BCUT2D eigenvalue weighted by Gasteiger charge is 2.30. The van der Waals surface area contributed by atoms with Crippen molar-refractivity contribution in [2.24, 2.45) is 5.73 Å². The zero-order valence-electron chi connectivity index (χ0n) is 17.0. The second kappa shape index (κ2) is 8.85. The van der Waals surface area contributed by atoms with E-state index in [2.05, 4.69) is 0 Å². The van der Waals surface area contributed by atoms with Crippen molar-refractivity contribution in [3.8, 4) is 5.75 Å². The summed E-state index contributed by atoms with van der Waals surface area (Å²) in [5, 5.41) is 0. The Morgan fingerprint density at radius 2 is 1.67 bits per heavy atom. The summed E-state index contributed by atoms with van der Waals surface area (Å²) in [5.74, 6) is -0.671. The Labute approximate surface area is 176 Å². The fourth-order valence-corrected chi connectivity index (χ4v) is 4.74. The molecule has 0 unspecified atom stereocenters. The molecule has 0 aliphatic carbocycles. The van der Waals surface area contributed by atoms with Gasteiger partial charge < -0.3 is 15.4 Å². The molecule has 0 radical (unpaired) electrons. The van der Waals surface area contributed by atoms with Crippen LogP contribution in [0.15, 0.2) is 47.4 Å². The minimum Gasteiger partial charge on any atom is -0.483 e. The molecule has 0 bridgehead atoms. The number of primary amides is 1. The molecule has 0 spiro atoms. The van der Waals surface area contributed by atoms with Gasteiger partial charge in [-0.3, -0.25) is 9.59 Å². The predicted molar refractivity (Wildman–Crippen MR) is 112 cm³/mol. The van der Waals surface area contributed by atoms with Crippen molar-refractivity contribution in [1.82, 2.24) is 9.21 Å². The number of rotatable bonds is 6. The van der Waals surface area contributed by atoms with Crippen LogP contribution in [0.5, 0.6) is 5.75 Å². The fourth-order valence-electron chi connectivity index (χ4n) is 3.23. The Morgan fingerprint density at radius 3 is 2.30 bits per heavy atom. The van der Waals surface area contributed by atoms with Gasteiger partial charge in [-0.05, 0) is 49.2 Å². The molecule has 2 aromatic rings. The van der Waals surface area contributed by atoms with Crippen LogP contribution < -0.4 is 10.5 Å². The first-order valence-corrected chi connectivity index (χ1v) is 11.0. The first kappa shape index (κ1) is 21.8. The fraction of sp³-hybridized carbons (Fsp3) is 0.333. The standard InChI is InChI=1S/C21H25N3O5S/c1-15-7-8-17(13-16(15)2)30(27,28)24-11-9-23(10-12-24)20(25)14-29-19-6-4-3-5-18(19)21(22)26/h3-8,13H,9-12,14H2,1-2H3,(H2,22,26). The second-order valence-corrected chi connectivity index (χ2v) is 9.12. The van der Waals surface area contributed by atoms with E-state index in [0.717, 1.165) is 11.1 Å². The zero-order chi connectivity index (χ0) is 21.9. The third kappa shape index (κ3) is 4.63. The van der Waals surface area contributed by atoms with Crippen LogP contribution in [0.1, 0.15) is 21.5 Å². The summed E-state index contributed by atoms with van der Waals surface area (Å²) in [6, 6.07) is 11.5. The summed E-state index contributed by atoms with van der Waals surface area (Å²) in [7, 11) is -3.61. The minimum absolute atomic E-state index is 0.203. The molecule has 2 N–H and O–H groups in total. The van der Waals surface area contributed by atoms with Crippen LogP contribution in [0.25, 0.3) is 0 Å². The zero-order valence-corrected chi connectivity index (χ0v) is 17.8. The molecule has 1 aliphatic heterocycles. The third-order valence-corrected chi connectivity index (χ3v) is 7.11. The Morgan fingerprint density at radius 1 is 1.00 bits per heavy atom. The lowest BCUT2D eigenvalue weighted by atomic mass is 10.1. The number of para-hydroxylation sites is 1. The van der Waals surface area contributed by atoms with Gasteiger partial charge in [-0.2, -0.15) is 4.31 Å². The topological polar surface area (TPSA) is 110 Å². The largest absolute Gasteiger partial charge is 0.483 e. The number of benzene rings is 2. The Balaban J connectivity index is 1.59. The van der Waals surface area contributed by atoms with Crippen molar-refractivity contribution in [2.75, 3.05) is 32.8 Å². The van der Waals surface area contributed by atoms with Crippen molar-refractivity contribution in [3.63, 3.8) is 0 Å². The highest BCUT2D eigenvalue weighted by molar-refractivity contribution is 7.89. The number of aryl methyl sites for hydroxylation is 2. The van der Waals surface area contributed by atoms with E-state index in [1.54, 1.807) is 41.3 Å². The van der Waals surface area contributed by atoms with Gasteiger partial charge in [0, 0.05) is 26.2 Å². The normalized spacial score (nSPS) is 15.1. The molecule has 30 heavy (non-hydrogen) atoms. The van der Waals surface area contributed by atoms with E-state index < -0.39 is 15.9 Å². The number of carbonyl (C=O) groups is 2. The summed E-state index contributed by atoms with van der Waals surface area (Å²) in [6.45, 7) is 4.50. The van der Waals surface area contributed by atoms with Crippen LogP contribution in [0.3, 0.4) is 0 Å². The maximum Gasteiger partial charge on any atom is 0.260 e. The van der Waals surface area contributed by atoms with Gasteiger partial charge in [-0.15, -0.1) is 0 Å². The number of carbonyl (C=O) groups excluding carboxylic acids is 2. The summed E-state index contributed by atoms with van der Waals surface area (Å²) < 4.78 is 32.7. The quantitative estimate of drug-likeness (QED) is 0.742. The molecule has 1 heterocycles.